The maximum Gasteiger partial charge on any atom is 0.175 e. The van der Waals surface area contributed by atoms with E-state index in [2.05, 4.69) is 30.3 Å². The summed E-state index contributed by atoms with van der Waals surface area (Å²) in [5.41, 5.74) is 8.75. The summed E-state index contributed by atoms with van der Waals surface area (Å²) in [5.74, 6) is 0. The number of hydrogen-bond donors (Lipinski definition) is 0. The molecule has 250 valence electrons. The number of nitrogens with zero attached hydrogens (tertiary/aromatic N) is 2. The normalized spacial score (nSPS) is 12.3. The Morgan fingerprint density at radius 1 is 0.600 bits per heavy atom. The van der Waals surface area contributed by atoms with E-state index >= 15 is 0 Å². The van der Waals surface area contributed by atoms with Crippen LogP contribution in [-0.4, -0.2) is 39.3 Å². The van der Waals surface area contributed by atoms with Crippen molar-refractivity contribution in [2.24, 2.45) is 0 Å². The van der Waals surface area contributed by atoms with Crippen LogP contribution in [0.3, 0.4) is 0 Å². The summed E-state index contributed by atoms with van der Waals surface area (Å²) in [6.45, 7) is 3.46. The predicted octanol–water partition coefficient (Wildman–Crippen LogP) is 9.71. The Balaban J connectivity index is 1.44. The zero-order valence-corrected chi connectivity index (χ0v) is 30.4. The monoisotopic (exact) mass is 714 g/mol. The molecule has 0 aliphatic heterocycles. The molecule has 0 saturated carbocycles. The van der Waals surface area contributed by atoms with Crippen LogP contribution in [0.15, 0.2) is 138 Å². The summed E-state index contributed by atoms with van der Waals surface area (Å²) >= 11 is 1.57. The van der Waals surface area contributed by atoms with Gasteiger partial charge >= 0.3 is 0 Å². The van der Waals surface area contributed by atoms with E-state index in [0.717, 1.165) is 65.4 Å². The van der Waals surface area contributed by atoms with Crippen molar-refractivity contribution in [3.63, 3.8) is 0 Å². The van der Waals surface area contributed by atoms with Gasteiger partial charge in [0.25, 0.3) is 0 Å². The average molecular weight is 715 g/mol. The second kappa shape index (κ2) is 12.7. The van der Waals surface area contributed by atoms with Gasteiger partial charge in [-0.2, -0.15) is 0 Å². The topological polar surface area (TPSA) is 94.1 Å². The van der Waals surface area contributed by atoms with Crippen molar-refractivity contribution in [2.45, 2.75) is 23.5 Å². The molecule has 0 atom stereocenters. The Morgan fingerprint density at radius 3 is 1.96 bits per heavy atom. The van der Waals surface area contributed by atoms with Crippen molar-refractivity contribution >= 4 is 41.9 Å². The van der Waals surface area contributed by atoms with Crippen LogP contribution in [-0.2, 0) is 24.4 Å². The summed E-state index contributed by atoms with van der Waals surface area (Å²) in [6.07, 6.45) is 4.21. The molecular weight excluding hydrogens is 681 g/mol. The van der Waals surface area contributed by atoms with E-state index in [-0.39, 0.29) is 4.90 Å². The SMILES string of the molecule is CC(C)(c1cc(-c2cccc(-c3sc(-c4ccccc4-c4ccccc4)nc3-c3ccc(S(C)(=O)=O)cc3)c2)c2ncccc2c1)S(C)(=O)=O. The third-order valence-corrected chi connectivity index (χ3v) is 13.5. The number of sulfone groups is 2. The van der Waals surface area contributed by atoms with Crippen LogP contribution in [0.1, 0.15) is 19.4 Å². The highest BCUT2D eigenvalue weighted by molar-refractivity contribution is 7.91. The third kappa shape index (κ3) is 6.28. The lowest BCUT2D eigenvalue weighted by Gasteiger charge is -2.24. The largest absolute Gasteiger partial charge is 0.256 e. The van der Waals surface area contributed by atoms with Crippen LogP contribution in [0.4, 0.5) is 0 Å². The van der Waals surface area contributed by atoms with Crippen LogP contribution in [0.5, 0.6) is 0 Å². The number of benzene rings is 5. The summed E-state index contributed by atoms with van der Waals surface area (Å²) in [6, 6.07) is 41.0. The highest BCUT2D eigenvalue weighted by Crippen LogP contribution is 2.45. The second-order valence-electron chi connectivity index (χ2n) is 12.9. The number of thiazole rings is 1. The van der Waals surface area contributed by atoms with Crippen LogP contribution in [0.2, 0.25) is 0 Å². The summed E-state index contributed by atoms with van der Waals surface area (Å²) in [4.78, 5) is 11.1. The van der Waals surface area contributed by atoms with Gasteiger partial charge in [0, 0.05) is 40.8 Å². The minimum absolute atomic E-state index is 0.242. The van der Waals surface area contributed by atoms with E-state index in [1.165, 1.54) is 12.5 Å². The van der Waals surface area contributed by atoms with Crippen molar-refractivity contribution in [2.75, 3.05) is 12.5 Å². The zero-order chi connectivity index (χ0) is 35.3. The number of aromatic nitrogens is 2. The van der Waals surface area contributed by atoms with Gasteiger partial charge < -0.3 is 0 Å². The quantitative estimate of drug-likeness (QED) is 0.156. The molecule has 5 aromatic carbocycles. The third-order valence-electron chi connectivity index (χ3n) is 9.19. The summed E-state index contributed by atoms with van der Waals surface area (Å²) in [5, 5.41) is 1.68. The molecule has 2 aromatic heterocycles. The van der Waals surface area contributed by atoms with Crippen LogP contribution >= 0.6 is 11.3 Å². The van der Waals surface area contributed by atoms with Crippen LogP contribution < -0.4 is 0 Å². The molecule has 50 heavy (non-hydrogen) atoms. The molecule has 0 spiro atoms. The highest BCUT2D eigenvalue weighted by atomic mass is 32.2. The molecule has 0 unspecified atom stereocenters. The van der Waals surface area contributed by atoms with Gasteiger partial charge in [-0.3, -0.25) is 4.98 Å². The van der Waals surface area contributed by atoms with E-state index in [1.54, 1.807) is 55.6 Å². The molecule has 2 heterocycles. The maximum absolute atomic E-state index is 12.9. The van der Waals surface area contributed by atoms with E-state index in [9.17, 15) is 16.8 Å². The lowest BCUT2D eigenvalue weighted by molar-refractivity contribution is 0.561. The Kier molecular flexibility index (Phi) is 8.54. The minimum atomic E-state index is -3.43. The summed E-state index contributed by atoms with van der Waals surface area (Å²) in [7, 11) is -6.81. The Hall–Kier alpha value is -4.96. The molecule has 0 radical (unpaired) electrons. The average Bonchev–Trinajstić information content (AvgIpc) is 3.56. The van der Waals surface area contributed by atoms with Gasteiger partial charge in [-0.1, -0.05) is 91.0 Å². The Bertz CT molecular complexity index is 2610. The molecule has 0 fully saturated rings. The van der Waals surface area contributed by atoms with Gasteiger partial charge in [-0.25, -0.2) is 21.8 Å². The molecule has 0 amide bonds. The highest BCUT2D eigenvalue weighted by Gasteiger charge is 2.33. The number of pyridine rings is 1. The minimum Gasteiger partial charge on any atom is -0.256 e. The van der Waals surface area contributed by atoms with Gasteiger partial charge in [-0.05, 0) is 78.1 Å². The van der Waals surface area contributed by atoms with E-state index < -0.39 is 24.4 Å². The molecule has 9 heteroatoms. The molecule has 0 N–H and O–H groups in total. The molecule has 0 aliphatic carbocycles. The van der Waals surface area contributed by atoms with E-state index in [1.807, 2.05) is 72.8 Å². The van der Waals surface area contributed by atoms with Crippen LogP contribution in [0.25, 0.3) is 65.4 Å². The number of hydrogen-bond acceptors (Lipinski definition) is 7. The van der Waals surface area contributed by atoms with E-state index in [0.29, 0.717) is 5.56 Å². The zero-order valence-electron chi connectivity index (χ0n) is 28.0. The lowest BCUT2D eigenvalue weighted by Crippen LogP contribution is -2.28. The first kappa shape index (κ1) is 33.5. The summed E-state index contributed by atoms with van der Waals surface area (Å²) < 4.78 is 49.3. The fourth-order valence-electron chi connectivity index (χ4n) is 6.03. The maximum atomic E-state index is 12.9. The number of fused-ring (bicyclic) bond motifs is 1. The smallest absolute Gasteiger partial charge is 0.175 e. The first-order chi connectivity index (χ1) is 23.8. The Morgan fingerprint density at radius 2 is 1.26 bits per heavy atom. The standard InChI is InChI=1S/C41H34N2O4S3/c1-41(2,50(4,46)47)32-25-30-16-11-23-42-37(30)36(26-32)29-14-10-15-31(24-29)39-38(28-19-21-33(22-20-28)49(3,44)45)43-40(48-39)35-18-9-8-17-34(35)27-12-6-5-7-13-27/h5-26H,1-4H3. The van der Waals surface area contributed by atoms with Crippen molar-refractivity contribution in [1.82, 2.24) is 9.97 Å². The van der Waals surface area contributed by atoms with Gasteiger partial charge in [0.15, 0.2) is 19.7 Å². The lowest BCUT2D eigenvalue weighted by atomic mass is 9.92. The first-order valence-electron chi connectivity index (χ1n) is 16.0. The molecular formula is C41H34N2O4S3. The number of rotatable bonds is 8. The first-order valence-corrected chi connectivity index (χ1v) is 20.6. The van der Waals surface area contributed by atoms with Gasteiger partial charge in [0.1, 0.15) is 5.01 Å². The molecule has 7 aromatic rings. The van der Waals surface area contributed by atoms with Crippen molar-refractivity contribution in [1.29, 1.82) is 0 Å². The fraction of sp³-hybridized carbons (Fsp3) is 0.122. The second-order valence-corrected chi connectivity index (χ2v) is 18.4. The van der Waals surface area contributed by atoms with E-state index in [4.69, 9.17) is 9.97 Å². The molecule has 7 rings (SSSR count). The van der Waals surface area contributed by atoms with Crippen molar-refractivity contribution in [3.8, 4) is 54.5 Å². The van der Waals surface area contributed by atoms with Gasteiger partial charge in [0.05, 0.1) is 25.7 Å². The molecule has 0 bridgehead atoms. The fourth-order valence-corrected chi connectivity index (χ4v) is 8.33. The molecule has 0 saturated heterocycles. The van der Waals surface area contributed by atoms with Gasteiger partial charge in [0.2, 0.25) is 0 Å². The molecule has 6 nitrogen and oxygen atoms in total. The molecule has 0 aliphatic rings. The Labute approximate surface area is 297 Å². The van der Waals surface area contributed by atoms with Crippen LogP contribution in [0, 0.1) is 0 Å². The van der Waals surface area contributed by atoms with Crippen molar-refractivity contribution < 1.29 is 16.8 Å². The predicted molar refractivity (Wildman–Crippen MR) is 206 cm³/mol. The van der Waals surface area contributed by atoms with Gasteiger partial charge in [-0.15, -0.1) is 11.3 Å². The van der Waals surface area contributed by atoms with Crippen molar-refractivity contribution in [3.05, 3.63) is 139 Å².